The Morgan fingerprint density at radius 1 is 1.19 bits per heavy atom. The second-order valence-electron chi connectivity index (χ2n) is 3.92. The SMILES string of the molecule is CCCCS(=O)(=O)OC(=[N+]=[N-])S(=O)(=O)Oc1ccccc1. The van der Waals surface area contributed by atoms with Gasteiger partial charge in [0.05, 0.1) is 5.75 Å². The number of unbranched alkanes of at least 4 members (excludes halogenated alkanes) is 1. The Hall–Kier alpha value is -1.90. The van der Waals surface area contributed by atoms with E-state index in [1.807, 2.05) is 0 Å². The zero-order valence-electron chi connectivity index (χ0n) is 11.2. The van der Waals surface area contributed by atoms with Crippen molar-refractivity contribution < 1.29 is 30.0 Å². The molecule has 0 aliphatic carbocycles. The standard InChI is InChI=1S/C11H14N2O6S2/c1-2-3-9-20(14,15)19-11(13-12)21(16,17)18-10-7-5-4-6-8-10/h4-8H,2-3,9H2,1H3. The van der Waals surface area contributed by atoms with Crippen LogP contribution in [0.1, 0.15) is 19.8 Å². The fourth-order valence-electron chi connectivity index (χ4n) is 1.22. The van der Waals surface area contributed by atoms with Crippen molar-refractivity contribution in [2.75, 3.05) is 5.75 Å². The first-order valence-corrected chi connectivity index (χ1v) is 8.93. The third kappa shape index (κ3) is 5.54. The third-order valence-electron chi connectivity index (χ3n) is 2.19. The first-order valence-electron chi connectivity index (χ1n) is 5.94. The second kappa shape index (κ2) is 7.21. The summed E-state index contributed by atoms with van der Waals surface area (Å²) in [5.41, 5.74) is 8.67. The lowest BCUT2D eigenvalue weighted by Gasteiger charge is -2.04. The van der Waals surface area contributed by atoms with Gasteiger partial charge in [0.15, 0.2) is 0 Å². The maximum Gasteiger partial charge on any atom is 0.624 e. The highest BCUT2D eigenvalue weighted by Crippen LogP contribution is 2.13. The van der Waals surface area contributed by atoms with E-state index >= 15 is 0 Å². The van der Waals surface area contributed by atoms with Crippen molar-refractivity contribution in [1.82, 2.24) is 0 Å². The van der Waals surface area contributed by atoms with E-state index in [-0.39, 0.29) is 12.2 Å². The molecule has 0 aromatic heterocycles. The minimum atomic E-state index is -4.69. The molecule has 0 saturated heterocycles. The van der Waals surface area contributed by atoms with Gasteiger partial charge in [0.2, 0.25) is 0 Å². The van der Waals surface area contributed by atoms with Gasteiger partial charge in [0.25, 0.3) is 0 Å². The van der Waals surface area contributed by atoms with E-state index in [1.54, 1.807) is 13.0 Å². The van der Waals surface area contributed by atoms with Crippen LogP contribution in [0.15, 0.2) is 30.3 Å². The molecule has 0 amide bonds. The van der Waals surface area contributed by atoms with Gasteiger partial charge in [-0.1, -0.05) is 31.5 Å². The maximum atomic E-state index is 11.8. The van der Waals surface area contributed by atoms with E-state index in [9.17, 15) is 16.8 Å². The smallest absolute Gasteiger partial charge is 0.371 e. The summed E-state index contributed by atoms with van der Waals surface area (Å²) in [6.45, 7) is 1.76. The topological polar surface area (TPSA) is 123 Å². The van der Waals surface area contributed by atoms with Crippen molar-refractivity contribution in [2.24, 2.45) is 0 Å². The van der Waals surface area contributed by atoms with Gasteiger partial charge in [-0.2, -0.15) is 16.8 Å². The third-order valence-corrected chi connectivity index (χ3v) is 4.50. The van der Waals surface area contributed by atoms with Crippen LogP contribution < -0.4 is 4.18 Å². The first-order chi connectivity index (χ1) is 9.80. The molecule has 1 rings (SSSR count). The lowest BCUT2D eigenvalue weighted by atomic mass is 10.3. The fraction of sp³-hybridized carbons (Fsp3) is 0.364. The van der Waals surface area contributed by atoms with Crippen LogP contribution in [0, 0.1) is 0 Å². The van der Waals surface area contributed by atoms with Gasteiger partial charge in [-0.3, -0.25) is 4.18 Å². The van der Waals surface area contributed by atoms with Crippen LogP contribution in [-0.4, -0.2) is 32.6 Å². The zero-order chi connectivity index (χ0) is 15.9. The van der Waals surface area contributed by atoms with E-state index in [0.717, 1.165) is 0 Å². The van der Waals surface area contributed by atoms with Crippen LogP contribution >= 0.6 is 0 Å². The summed E-state index contributed by atoms with van der Waals surface area (Å²) in [5, 5.41) is -1.43. The monoisotopic (exact) mass is 334 g/mol. The van der Waals surface area contributed by atoms with Gasteiger partial charge < -0.3 is 9.71 Å². The molecule has 21 heavy (non-hydrogen) atoms. The van der Waals surface area contributed by atoms with Crippen LogP contribution in [-0.2, 0) is 24.4 Å². The number of hydrogen-bond acceptors (Lipinski definition) is 6. The summed E-state index contributed by atoms with van der Waals surface area (Å²) in [6, 6.07) is 7.32. The fourth-order valence-corrected chi connectivity index (χ4v) is 3.37. The second-order valence-corrected chi connectivity index (χ2v) is 7.03. The number of benzene rings is 1. The molecule has 116 valence electrons. The molecule has 0 spiro atoms. The average Bonchev–Trinajstić information content (AvgIpc) is 2.43. The molecule has 0 unspecified atom stereocenters. The minimum Gasteiger partial charge on any atom is -0.371 e. The lowest BCUT2D eigenvalue weighted by Crippen LogP contribution is -2.28. The van der Waals surface area contributed by atoms with Crippen LogP contribution in [0.4, 0.5) is 0 Å². The Bertz CT molecular complexity index is 721. The van der Waals surface area contributed by atoms with Crippen molar-refractivity contribution in [3.63, 3.8) is 0 Å². The van der Waals surface area contributed by atoms with E-state index in [1.165, 1.54) is 24.3 Å². The quantitative estimate of drug-likeness (QED) is 0.252. The Kier molecular flexibility index (Phi) is 5.89. The van der Waals surface area contributed by atoms with E-state index in [0.29, 0.717) is 6.42 Å². The summed E-state index contributed by atoms with van der Waals surface area (Å²) in [6.07, 6.45) is 0.849. The maximum absolute atomic E-state index is 11.8. The van der Waals surface area contributed by atoms with Crippen molar-refractivity contribution >= 4 is 25.5 Å². The van der Waals surface area contributed by atoms with Crippen molar-refractivity contribution in [3.05, 3.63) is 35.9 Å². The van der Waals surface area contributed by atoms with Gasteiger partial charge in [0, 0.05) is 0 Å². The number of nitrogens with zero attached hydrogens (tertiary/aromatic N) is 2. The number of hydrogen-bond donors (Lipinski definition) is 0. The summed E-state index contributed by atoms with van der Waals surface area (Å²) in [5.74, 6) is -0.475. The average molecular weight is 334 g/mol. The molecule has 10 heteroatoms. The van der Waals surface area contributed by atoms with Crippen molar-refractivity contribution in [2.45, 2.75) is 19.8 Å². The Balaban J connectivity index is 2.92. The lowest BCUT2D eigenvalue weighted by molar-refractivity contribution is -0.0204. The van der Waals surface area contributed by atoms with Crippen LogP contribution in [0.2, 0.25) is 0 Å². The van der Waals surface area contributed by atoms with E-state index in [2.05, 4.69) is 13.2 Å². The predicted octanol–water partition coefficient (Wildman–Crippen LogP) is 1.13. The van der Waals surface area contributed by atoms with Gasteiger partial charge in [-0.25, -0.2) is 0 Å². The predicted molar refractivity (Wildman–Crippen MR) is 74.4 cm³/mol. The van der Waals surface area contributed by atoms with Gasteiger partial charge in [0.1, 0.15) is 5.75 Å². The summed E-state index contributed by atoms with van der Waals surface area (Å²) < 4.78 is 55.5. The van der Waals surface area contributed by atoms with Crippen molar-refractivity contribution in [3.8, 4) is 5.75 Å². The number of rotatable bonds is 6. The highest BCUT2D eigenvalue weighted by molar-refractivity contribution is 8.03. The number of para-hydroxylation sites is 1. The molecular formula is C11H14N2O6S2. The van der Waals surface area contributed by atoms with Gasteiger partial charge in [-0.15, -0.1) is 4.79 Å². The van der Waals surface area contributed by atoms with E-state index in [4.69, 9.17) is 5.53 Å². The highest BCUT2D eigenvalue weighted by Gasteiger charge is 2.38. The van der Waals surface area contributed by atoms with Gasteiger partial charge >= 0.3 is 25.5 Å². The largest absolute Gasteiger partial charge is 0.624 e. The molecule has 0 fully saturated rings. The summed E-state index contributed by atoms with van der Waals surface area (Å²) in [7, 11) is -8.87. The normalized spacial score (nSPS) is 11.5. The molecule has 0 atom stereocenters. The first kappa shape index (κ1) is 17.2. The molecular weight excluding hydrogens is 320 g/mol. The molecule has 0 bridgehead atoms. The van der Waals surface area contributed by atoms with Crippen LogP contribution in [0.25, 0.3) is 5.53 Å². The molecule has 0 heterocycles. The summed E-state index contributed by atoms with van der Waals surface area (Å²) in [4.78, 5) is 2.35. The molecule has 1 aromatic carbocycles. The molecule has 1 aromatic rings. The van der Waals surface area contributed by atoms with Crippen LogP contribution in [0.5, 0.6) is 5.75 Å². The molecule has 0 aliphatic rings. The molecule has 0 saturated carbocycles. The Morgan fingerprint density at radius 2 is 1.81 bits per heavy atom. The van der Waals surface area contributed by atoms with Crippen molar-refractivity contribution in [1.29, 1.82) is 0 Å². The highest BCUT2D eigenvalue weighted by atomic mass is 32.2. The van der Waals surface area contributed by atoms with Gasteiger partial charge in [-0.05, 0) is 18.6 Å². The minimum absolute atomic E-state index is 0.0757. The van der Waals surface area contributed by atoms with Crippen LogP contribution in [0.3, 0.4) is 0 Å². The molecule has 0 aliphatic heterocycles. The van der Waals surface area contributed by atoms with E-state index < -0.39 is 31.2 Å². The molecule has 0 radical (unpaired) electrons. The molecule has 8 nitrogen and oxygen atoms in total. The Labute approximate surface area is 123 Å². The molecule has 0 N–H and O–H groups in total. The Morgan fingerprint density at radius 3 is 2.33 bits per heavy atom. The summed E-state index contributed by atoms with van der Waals surface area (Å²) >= 11 is 0. The zero-order valence-corrected chi connectivity index (χ0v) is 12.8.